The quantitative estimate of drug-likeness (QED) is 0.884. The van der Waals surface area contributed by atoms with E-state index in [0.29, 0.717) is 11.3 Å². The van der Waals surface area contributed by atoms with E-state index in [2.05, 4.69) is 0 Å². The molecule has 0 aliphatic rings. The Kier molecular flexibility index (Phi) is 4.92. The summed E-state index contributed by atoms with van der Waals surface area (Å²) in [4.78, 5) is 24.2. The average molecular weight is 265 g/mol. The molecule has 1 rings (SSSR count). The van der Waals surface area contributed by atoms with Gasteiger partial charge in [-0.3, -0.25) is 4.79 Å². The number of carbonyl (C=O) groups excluding carboxylic acids is 1. The van der Waals surface area contributed by atoms with Crippen LogP contribution < -0.4 is 4.74 Å². The van der Waals surface area contributed by atoms with Crippen LogP contribution in [-0.2, 0) is 4.79 Å². The second-order valence-electron chi connectivity index (χ2n) is 4.62. The fourth-order valence-electron chi connectivity index (χ4n) is 1.52. The van der Waals surface area contributed by atoms with Crippen LogP contribution >= 0.6 is 0 Å². The van der Waals surface area contributed by atoms with Crippen molar-refractivity contribution in [1.82, 2.24) is 4.90 Å². The molecule has 0 heterocycles. The van der Waals surface area contributed by atoms with Crippen molar-refractivity contribution in [2.24, 2.45) is 0 Å². The first-order valence-electron chi connectivity index (χ1n) is 6.09. The van der Waals surface area contributed by atoms with Gasteiger partial charge in [0.15, 0.2) is 0 Å². The predicted octanol–water partition coefficient (Wildman–Crippen LogP) is 2.02. The van der Waals surface area contributed by atoms with E-state index in [1.165, 1.54) is 18.9 Å². The van der Waals surface area contributed by atoms with Crippen LogP contribution in [0.15, 0.2) is 24.3 Å². The lowest BCUT2D eigenvalue weighted by molar-refractivity contribution is -0.141. The SMILES string of the molecule is CC(C)Oc1cccc(C(=O)N(C)C(C)C(=O)O)c1. The molecule has 0 fully saturated rings. The van der Waals surface area contributed by atoms with Crippen LogP contribution in [0.2, 0.25) is 0 Å². The van der Waals surface area contributed by atoms with Crippen LogP contribution in [0.1, 0.15) is 31.1 Å². The summed E-state index contributed by atoms with van der Waals surface area (Å²) < 4.78 is 5.51. The number of amides is 1. The van der Waals surface area contributed by atoms with Crippen molar-refractivity contribution < 1.29 is 19.4 Å². The fourth-order valence-corrected chi connectivity index (χ4v) is 1.52. The standard InChI is InChI=1S/C14H19NO4/c1-9(2)19-12-7-5-6-11(8-12)13(16)15(4)10(3)14(17)18/h5-10H,1-4H3,(H,17,18). The molecule has 1 N–H and O–H groups in total. The van der Waals surface area contributed by atoms with Crippen LogP contribution in [0.4, 0.5) is 0 Å². The molecule has 5 nitrogen and oxygen atoms in total. The van der Waals surface area contributed by atoms with E-state index in [1.807, 2.05) is 13.8 Å². The number of likely N-dealkylation sites (N-methyl/N-ethyl adjacent to an activating group) is 1. The van der Waals surface area contributed by atoms with E-state index >= 15 is 0 Å². The molecule has 1 amide bonds. The van der Waals surface area contributed by atoms with Gasteiger partial charge in [0.05, 0.1) is 6.10 Å². The molecule has 1 aromatic carbocycles. The summed E-state index contributed by atoms with van der Waals surface area (Å²) in [6.07, 6.45) is 0.0148. The second-order valence-corrected chi connectivity index (χ2v) is 4.62. The maximum absolute atomic E-state index is 12.1. The molecule has 0 radical (unpaired) electrons. The maximum atomic E-state index is 12.1. The minimum Gasteiger partial charge on any atom is -0.491 e. The van der Waals surface area contributed by atoms with Gasteiger partial charge in [-0.15, -0.1) is 0 Å². The number of carbonyl (C=O) groups is 2. The Labute approximate surface area is 112 Å². The zero-order valence-corrected chi connectivity index (χ0v) is 11.6. The summed E-state index contributed by atoms with van der Waals surface area (Å²) in [6, 6.07) is 5.86. The molecule has 0 saturated heterocycles. The van der Waals surface area contributed by atoms with Crippen molar-refractivity contribution in [3.05, 3.63) is 29.8 Å². The lowest BCUT2D eigenvalue weighted by Gasteiger charge is -2.21. The Morgan fingerprint density at radius 3 is 2.42 bits per heavy atom. The van der Waals surface area contributed by atoms with E-state index < -0.39 is 12.0 Å². The van der Waals surface area contributed by atoms with Crippen LogP contribution in [0.25, 0.3) is 0 Å². The van der Waals surface area contributed by atoms with Crippen molar-refractivity contribution in [3.63, 3.8) is 0 Å². The Balaban J connectivity index is 2.90. The van der Waals surface area contributed by atoms with Crippen molar-refractivity contribution >= 4 is 11.9 Å². The average Bonchev–Trinajstić information content (AvgIpc) is 2.35. The van der Waals surface area contributed by atoms with Crippen molar-refractivity contribution in [3.8, 4) is 5.75 Å². The van der Waals surface area contributed by atoms with E-state index in [9.17, 15) is 9.59 Å². The minimum absolute atomic E-state index is 0.0148. The minimum atomic E-state index is -1.04. The van der Waals surface area contributed by atoms with Crippen LogP contribution in [-0.4, -0.2) is 41.1 Å². The lowest BCUT2D eigenvalue weighted by atomic mass is 10.1. The van der Waals surface area contributed by atoms with Gasteiger partial charge >= 0.3 is 5.97 Å². The molecule has 0 bridgehead atoms. The zero-order valence-electron chi connectivity index (χ0n) is 11.6. The van der Waals surface area contributed by atoms with Gasteiger partial charge in [-0.05, 0) is 39.0 Å². The fraction of sp³-hybridized carbons (Fsp3) is 0.429. The number of rotatable bonds is 5. The summed E-state index contributed by atoms with van der Waals surface area (Å²) in [7, 11) is 1.47. The summed E-state index contributed by atoms with van der Waals surface area (Å²) in [5.41, 5.74) is 0.411. The van der Waals surface area contributed by atoms with Gasteiger partial charge in [0.1, 0.15) is 11.8 Å². The number of ether oxygens (including phenoxy) is 1. The largest absolute Gasteiger partial charge is 0.491 e. The number of hydrogen-bond donors (Lipinski definition) is 1. The second kappa shape index (κ2) is 6.22. The van der Waals surface area contributed by atoms with Gasteiger partial charge < -0.3 is 14.7 Å². The predicted molar refractivity (Wildman–Crippen MR) is 71.4 cm³/mol. The van der Waals surface area contributed by atoms with E-state index in [-0.39, 0.29) is 12.0 Å². The molecule has 1 unspecified atom stereocenters. The number of carboxylic acid groups (broad SMARTS) is 1. The number of aliphatic carboxylic acids is 1. The number of carboxylic acids is 1. The van der Waals surface area contributed by atoms with E-state index in [0.717, 1.165) is 0 Å². The van der Waals surface area contributed by atoms with Crippen LogP contribution in [0.5, 0.6) is 5.75 Å². The number of benzene rings is 1. The zero-order chi connectivity index (χ0) is 14.6. The normalized spacial score (nSPS) is 12.1. The van der Waals surface area contributed by atoms with Gasteiger partial charge in [-0.1, -0.05) is 6.07 Å². The highest BCUT2D eigenvalue weighted by atomic mass is 16.5. The monoisotopic (exact) mass is 265 g/mol. The summed E-state index contributed by atoms with van der Waals surface area (Å²) in [6.45, 7) is 5.26. The highest BCUT2D eigenvalue weighted by molar-refractivity contribution is 5.96. The molecule has 0 spiro atoms. The molecular weight excluding hydrogens is 246 g/mol. The molecule has 0 saturated carbocycles. The molecule has 0 aromatic heterocycles. The smallest absolute Gasteiger partial charge is 0.326 e. The third kappa shape index (κ3) is 3.98. The molecule has 0 aliphatic carbocycles. The first kappa shape index (κ1) is 15.0. The molecular formula is C14H19NO4. The van der Waals surface area contributed by atoms with Gasteiger partial charge in [-0.2, -0.15) is 0 Å². The van der Waals surface area contributed by atoms with E-state index in [4.69, 9.17) is 9.84 Å². The Morgan fingerprint density at radius 1 is 1.26 bits per heavy atom. The summed E-state index contributed by atoms with van der Waals surface area (Å²) in [5, 5.41) is 8.90. The summed E-state index contributed by atoms with van der Waals surface area (Å²) >= 11 is 0. The third-order valence-electron chi connectivity index (χ3n) is 2.71. The number of hydrogen-bond acceptors (Lipinski definition) is 3. The van der Waals surface area contributed by atoms with Crippen LogP contribution in [0.3, 0.4) is 0 Å². The van der Waals surface area contributed by atoms with Crippen molar-refractivity contribution in [1.29, 1.82) is 0 Å². The Morgan fingerprint density at radius 2 is 1.89 bits per heavy atom. The van der Waals surface area contributed by atoms with Crippen molar-refractivity contribution in [2.75, 3.05) is 7.05 Å². The third-order valence-corrected chi connectivity index (χ3v) is 2.71. The molecule has 5 heteroatoms. The van der Waals surface area contributed by atoms with Gasteiger partial charge in [0, 0.05) is 12.6 Å². The topological polar surface area (TPSA) is 66.8 Å². The van der Waals surface area contributed by atoms with Crippen molar-refractivity contribution in [2.45, 2.75) is 32.9 Å². The number of nitrogens with zero attached hydrogens (tertiary/aromatic N) is 1. The Hall–Kier alpha value is -2.04. The lowest BCUT2D eigenvalue weighted by Crippen LogP contribution is -2.40. The molecule has 1 aromatic rings. The first-order valence-corrected chi connectivity index (χ1v) is 6.09. The molecule has 19 heavy (non-hydrogen) atoms. The first-order chi connectivity index (χ1) is 8.82. The highest BCUT2D eigenvalue weighted by Gasteiger charge is 2.22. The van der Waals surface area contributed by atoms with Gasteiger partial charge in [0.2, 0.25) is 0 Å². The highest BCUT2D eigenvalue weighted by Crippen LogP contribution is 2.16. The van der Waals surface area contributed by atoms with Gasteiger partial charge in [0.25, 0.3) is 5.91 Å². The molecule has 1 atom stereocenters. The van der Waals surface area contributed by atoms with E-state index in [1.54, 1.807) is 24.3 Å². The van der Waals surface area contributed by atoms with Gasteiger partial charge in [-0.25, -0.2) is 4.79 Å². The maximum Gasteiger partial charge on any atom is 0.326 e. The van der Waals surface area contributed by atoms with Crippen LogP contribution in [0, 0.1) is 0 Å². The molecule has 0 aliphatic heterocycles. The summed E-state index contributed by atoms with van der Waals surface area (Å²) in [5.74, 6) is -0.785. The Bertz CT molecular complexity index is 470. The molecule has 104 valence electrons.